The van der Waals surface area contributed by atoms with Crippen LogP contribution in [-0.2, 0) is 4.79 Å². The molecule has 0 heterocycles. The van der Waals surface area contributed by atoms with Crippen LogP contribution >= 0.6 is 0 Å². The van der Waals surface area contributed by atoms with E-state index in [4.69, 9.17) is 10.5 Å². The van der Waals surface area contributed by atoms with Crippen LogP contribution in [0.3, 0.4) is 0 Å². The summed E-state index contributed by atoms with van der Waals surface area (Å²) in [5.74, 6) is -0.463. The van der Waals surface area contributed by atoms with Crippen LogP contribution < -0.4 is 10.5 Å². The molecule has 0 fully saturated rings. The second kappa shape index (κ2) is 5.69. The van der Waals surface area contributed by atoms with Crippen molar-refractivity contribution in [3.05, 3.63) is 29.3 Å². The highest BCUT2D eigenvalue weighted by atomic mass is 16.5. The van der Waals surface area contributed by atoms with E-state index in [1.807, 2.05) is 0 Å². The van der Waals surface area contributed by atoms with Crippen molar-refractivity contribution >= 4 is 18.3 Å². The maximum Gasteiger partial charge on any atom is 0.221 e. The number of ether oxygens (including phenoxy) is 1. The van der Waals surface area contributed by atoms with Gasteiger partial charge >= 0.3 is 0 Å². The number of primary amides is 1. The summed E-state index contributed by atoms with van der Waals surface area (Å²) in [5, 5.41) is 9.70. The Morgan fingerprint density at radius 3 is 2.76 bits per heavy atom. The molecule has 0 aliphatic rings. The second-order valence-corrected chi connectivity index (χ2v) is 3.31. The number of methoxy groups -OCH3 is 1. The number of benzene rings is 1. The standard InChI is InChI=1S/C12H13NO4/c1-17-10-6-5-8(3-2-4-11(13)15)9(7-14)12(10)16/h2-3,5-7,16H,4H2,1H3,(H2,13,15). The van der Waals surface area contributed by atoms with Gasteiger partial charge in [0, 0.05) is 6.42 Å². The largest absolute Gasteiger partial charge is 0.504 e. The molecule has 0 spiro atoms. The van der Waals surface area contributed by atoms with Crippen molar-refractivity contribution in [2.75, 3.05) is 7.11 Å². The molecule has 1 aromatic rings. The van der Waals surface area contributed by atoms with E-state index in [0.29, 0.717) is 11.8 Å². The summed E-state index contributed by atoms with van der Waals surface area (Å²) >= 11 is 0. The van der Waals surface area contributed by atoms with Crippen molar-refractivity contribution in [2.24, 2.45) is 5.73 Å². The summed E-state index contributed by atoms with van der Waals surface area (Å²) in [6.45, 7) is 0. The highest BCUT2D eigenvalue weighted by molar-refractivity contribution is 5.87. The van der Waals surface area contributed by atoms with E-state index in [0.717, 1.165) is 0 Å². The number of carbonyl (C=O) groups is 2. The Balaban J connectivity index is 3.08. The predicted molar refractivity (Wildman–Crippen MR) is 62.9 cm³/mol. The van der Waals surface area contributed by atoms with E-state index in [-0.39, 0.29) is 23.5 Å². The average Bonchev–Trinajstić information content (AvgIpc) is 2.29. The van der Waals surface area contributed by atoms with Gasteiger partial charge in [-0.15, -0.1) is 0 Å². The summed E-state index contributed by atoms with van der Waals surface area (Å²) in [6, 6.07) is 3.14. The fraction of sp³-hybridized carbons (Fsp3) is 0.167. The molecule has 5 heteroatoms. The summed E-state index contributed by atoms with van der Waals surface area (Å²) in [5.41, 5.74) is 5.59. The average molecular weight is 235 g/mol. The first-order valence-electron chi connectivity index (χ1n) is 4.90. The molecule has 0 atom stereocenters. The number of nitrogens with two attached hydrogens (primary N) is 1. The van der Waals surface area contributed by atoms with Crippen LogP contribution in [0.25, 0.3) is 6.08 Å². The van der Waals surface area contributed by atoms with Gasteiger partial charge < -0.3 is 15.6 Å². The van der Waals surface area contributed by atoms with Crippen molar-refractivity contribution in [3.63, 3.8) is 0 Å². The van der Waals surface area contributed by atoms with Crippen molar-refractivity contribution < 1.29 is 19.4 Å². The van der Waals surface area contributed by atoms with Crippen molar-refractivity contribution in [2.45, 2.75) is 6.42 Å². The Morgan fingerprint density at radius 2 is 2.24 bits per heavy atom. The molecule has 0 saturated heterocycles. The molecule has 5 nitrogen and oxygen atoms in total. The van der Waals surface area contributed by atoms with Gasteiger partial charge in [0.2, 0.25) is 5.91 Å². The summed E-state index contributed by atoms with van der Waals surface area (Å²) in [4.78, 5) is 21.4. The molecule has 0 radical (unpaired) electrons. The molecule has 1 aromatic carbocycles. The zero-order valence-corrected chi connectivity index (χ0v) is 9.34. The second-order valence-electron chi connectivity index (χ2n) is 3.31. The lowest BCUT2D eigenvalue weighted by Gasteiger charge is -2.07. The van der Waals surface area contributed by atoms with E-state index in [1.165, 1.54) is 19.3 Å². The minimum absolute atomic E-state index is 0.0745. The predicted octanol–water partition coefficient (Wildman–Crippen LogP) is 1.10. The van der Waals surface area contributed by atoms with Gasteiger partial charge in [0.1, 0.15) is 0 Å². The van der Waals surface area contributed by atoms with Crippen molar-refractivity contribution in [3.8, 4) is 11.5 Å². The van der Waals surface area contributed by atoms with Gasteiger partial charge in [-0.25, -0.2) is 0 Å². The Hall–Kier alpha value is -2.30. The molecule has 1 amide bonds. The Morgan fingerprint density at radius 1 is 1.53 bits per heavy atom. The van der Waals surface area contributed by atoms with E-state index >= 15 is 0 Å². The Kier molecular flexibility index (Phi) is 4.28. The zero-order chi connectivity index (χ0) is 12.8. The number of aromatic hydroxyl groups is 1. The summed E-state index contributed by atoms with van der Waals surface area (Å²) < 4.78 is 4.88. The molecule has 0 unspecified atom stereocenters. The minimum Gasteiger partial charge on any atom is -0.504 e. The number of amides is 1. The fourth-order valence-corrected chi connectivity index (χ4v) is 1.34. The molecule has 3 N–H and O–H groups in total. The third kappa shape index (κ3) is 3.07. The highest BCUT2D eigenvalue weighted by Gasteiger charge is 2.10. The monoisotopic (exact) mass is 235 g/mol. The lowest BCUT2D eigenvalue weighted by Crippen LogP contribution is -2.07. The maximum absolute atomic E-state index is 10.9. The zero-order valence-electron chi connectivity index (χ0n) is 9.34. The van der Waals surface area contributed by atoms with Gasteiger partial charge in [-0.2, -0.15) is 0 Å². The Bertz CT molecular complexity index is 466. The highest BCUT2D eigenvalue weighted by Crippen LogP contribution is 2.31. The maximum atomic E-state index is 10.9. The molecule has 1 rings (SSSR count). The van der Waals surface area contributed by atoms with Gasteiger partial charge in [-0.05, 0) is 11.6 Å². The molecule has 0 bridgehead atoms. The van der Waals surface area contributed by atoms with Gasteiger partial charge in [0.15, 0.2) is 17.8 Å². The first-order valence-corrected chi connectivity index (χ1v) is 4.90. The molecular weight excluding hydrogens is 222 g/mol. The van der Waals surface area contributed by atoms with E-state index in [9.17, 15) is 14.7 Å². The number of phenolic OH excluding ortho intramolecular Hbond substituents is 1. The number of hydrogen-bond acceptors (Lipinski definition) is 4. The molecule has 0 saturated carbocycles. The Labute approximate surface area is 98.5 Å². The number of phenols is 1. The summed E-state index contributed by atoms with van der Waals surface area (Å²) in [6.07, 6.45) is 3.68. The fourth-order valence-electron chi connectivity index (χ4n) is 1.34. The van der Waals surface area contributed by atoms with Gasteiger partial charge in [0.05, 0.1) is 12.7 Å². The molecule has 90 valence electrons. The van der Waals surface area contributed by atoms with Crippen LogP contribution in [0.5, 0.6) is 11.5 Å². The van der Waals surface area contributed by atoms with Crippen molar-refractivity contribution in [1.82, 2.24) is 0 Å². The SMILES string of the molecule is COc1ccc(C=CCC(N)=O)c(C=O)c1O. The minimum atomic E-state index is -0.466. The molecule has 0 aliphatic heterocycles. The smallest absolute Gasteiger partial charge is 0.221 e. The van der Waals surface area contributed by atoms with E-state index in [2.05, 4.69) is 0 Å². The normalized spacial score (nSPS) is 10.4. The number of aldehydes is 1. The number of hydrogen-bond donors (Lipinski definition) is 2. The van der Waals surface area contributed by atoms with Gasteiger partial charge in [-0.1, -0.05) is 18.2 Å². The molecule has 0 aromatic heterocycles. The third-order valence-electron chi connectivity index (χ3n) is 2.17. The first kappa shape index (κ1) is 12.8. The van der Waals surface area contributed by atoms with Crippen LogP contribution in [0.1, 0.15) is 22.3 Å². The van der Waals surface area contributed by atoms with Crippen molar-refractivity contribution in [1.29, 1.82) is 0 Å². The van der Waals surface area contributed by atoms with Crippen LogP contribution in [0.15, 0.2) is 18.2 Å². The van der Waals surface area contributed by atoms with Gasteiger partial charge in [0.25, 0.3) is 0 Å². The van der Waals surface area contributed by atoms with Crippen LogP contribution in [0.2, 0.25) is 0 Å². The van der Waals surface area contributed by atoms with Gasteiger partial charge in [-0.3, -0.25) is 9.59 Å². The van der Waals surface area contributed by atoms with E-state index < -0.39 is 5.91 Å². The number of carbonyl (C=O) groups excluding carboxylic acids is 2. The number of rotatable bonds is 5. The summed E-state index contributed by atoms with van der Waals surface area (Å²) in [7, 11) is 1.40. The van der Waals surface area contributed by atoms with E-state index in [1.54, 1.807) is 12.1 Å². The topological polar surface area (TPSA) is 89.6 Å². The van der Waals surface area contributed by atoms with Crippen LogP contribution in [-0.4, -0.2) is 24.4 Å². The molecular formula is C12H13NO4. The molecule has 17 heavy (non-hydrogen) atoms. The van der Waals surface area contributed by atoms with Crippen LogP contribution in [0, 0.1) is 0 Å². The lowest BCUT2D eigenvalue weighted by atomic mass is 10.1. The quantitative estimate of drug-likeness (QED) is 0.748. The molecule has 0 aliphatic carbocycles. The lowest BCUT2D eigenvalue weighted by molar-refractivity contribution is -0.117. The first-order chi connectivity index (χ1) is 8.10. The van der Waals surface area contributed by atoms with Crippen LogP contribution in [0.4, 0.5) is 0 Å². The third-order valence-corrected chi connectivity index (χ3v) is 2.17.